The molecule has 0 bridgehead atoms. The highest BCUT2D eigenvalue weighted by molar-refractivity contribution is 6.27. The van der Waals surface area contributed by atoms with Gasteiger partial charge in [0.2, 0.25) is 0 Å². The van der Waals surface area contributed by atoms with Crippen LogP contribution >= 0.6 is 11.6 Å². The van der Waals surface area contributed by atoms with Crippen molar-refractivity contribution in [3.8, 4) is 0 Å². The van der Waals surface area contributed by atoms with E-state index in [4.69, 9.17) is 16.3 Å². The highest BCUT2D eigenvalue weighted by atomic mass is 35.5. The van der Waals surface area contributed by atoms with Gasteiger partial charge in [-0.05, 0) is 33.8 Å². The molecule has 1 atom stereocenters. The lowest BCUT2D eigenvalue weighted by atomic mass is 10.2. The third-order valence-corrected chi connectivity index (χ3v) is 2.92. The predicted octanol–water partition coefficient (Wildman–Crippen LogP) is 1.95. The van der Waals surface area contributed by atoms with Crippen molar-refractivity contribution in [1.82, 2.24) is 9.55 Å². The fourth-order valence-corrected chi connectivity index (χ4v) is 2.23. The van der Waals surface area contributed by atoms with E-state index in [1.807, 2.05) is 0 Å². The molecule has 0 aliphatic carbocycles. The van der Waals surface area contributed by atoms with E-state index < -0.39 is 22.4 Å². The zero-order valence-electron chi connectivity index (χ0n) is 11.3. The fourth-order valence-electron chi connectivity index (χ4n) is 1.96. The van der Waals surface area contributed by atoms with Gasteiger partial charge in [-0.25, -0.2) is 19.5 Å². The molecule has 1 unspecified atom stereocenters. The van der Waals surface area contributed by atoms with Crippen LogP contribution in [0, 0.1) is 0 Å². The van der Waals surface area contributed by atoms with E-state index in [0.717, 1.165) is 0 Å². The number of amides is 1. The minimum absolute atomic E-state index is 0.176. The van der Waals surface area contributed by atoms with Crippen LogP contribution < -0.4 is 10.6 Å². The minimum Gasteiger partial charge on any atom is -0.443 e. The Kier molecular flexibility index (Phi) is 3.09. The molecule has 0 aromatic carbocycles. The normalized spacial score (nSPS) is 22.3. The van der Waals surface area contributed by atoms with Crippen LogP contribution in [0.15, 0.2) is 17.1 Å². The van der Waals surface area contributed by atoms with E-state index >= 15 is 0 Å². The maximum atomic E-state index is 12.2. The Morgan fingerprint density at radius 1 is 1.53 bits per heavy atom. The van der Waals surface area contributed by atoms with Crippen molar-refractivity contribution in [2.45, 2.75) is 44.8 Å². The summed E-state index contributed by atoms with van der Waals surface area (Å²) in [6.45, 7) is 7.14. The van der Waals surface area contributed by atoms with Gasteiger partial charge in [0.25, 0.3) is 0 Å². The molecule has 0 saturated carbocycles. The number of nitrogens with zero attached hydrogens (tertiary/aromatic N) is 3. The first-order chi connectivity index (χ1) is 8.62. The van der Waals surface area contributed by atoms with Gasteiger partial charge in [-0.1, -0.05) is 11.6 Å². The zero-order valence-corrected chi connectivity index (χ0v) is 12.1. The van der Waals surface area contributed by atoms with Crippen LogP contribution in [-0.2, 0) is 11.3 Å². The molecule has 0 fully saturated rings. The molecule has 1 aliphatic rings. The number of anilines is 1. The molecule has 104 valence electrons. The summed E-state index contributed by atoms with van der Waals surface area (Å²) >= 11 is 6.33. The number of carbonyl (C=O) groups is 1. The summed E-state index contributed by atoms with van der Waals surface area (Å²) in [5, 5.41) is 0. The highest BCUT2D eigenvalue weighted by Gasteiger charge is 2.44. The van der Waals surface area contributed by atoms with Gasteiger partial charge in [0.15, 0.2) is 0 Å². The van der Waals surface area contributed by atoms with Gasteiger partial charge >= 0.3 is 11.8 Å². The number of ether oxygens (including phenoxy) is 1. The second-order valence-corrected chi connectivity index (χ2v) is 6.44. The van der Waals surface area contributed by atoms with Gasteiger partial charge < -0.3 is 4.74 Å². The van der Waals surface area contributed by atoms with E-state index in [-0.39, 0.29) is 6.54 Å². The van der Waals surface area contributed by atoms with Gasteiger partial charge in [-0.15, -0.1) is 0 Å². The molecule has 0 spiro atoms. The molecule has 0 radical (unpaired) electrons. The second-order valence-electron chi connectivity index (χ2n) is 5.63. The minimum atomic E-state index is -1.04. The summed E-state index contributed by atoms with van der Waals surface area (Å²) in [7, 11) is 0. The number of hydrogen-bond donors (Lipinski definition) is 0. The van der Waals surface area contributed by atoms with Crippen molar-refractivity contribution in [2.75, 3.05) is 4.90 Å². The van der Waals surface area contributed by atoms with Crippen LogP contribution in [0.4, 0.5) is 10.6 Å². The number of alkyl halides is 1. The summed E-state index contributed by atoms with van der Waals surface area (Å²) in [6, 6.07) is 1.57. The number of hydrogen-bond acceptors (Lipinski definition) is 4. The van der Waals surface area contributed by atoms with Gasteiger partial charge in [0, 0.05) is 6.20 Å². The fraction of sp³-hybridized carbons (Fsp3) is 0.583. The van der Waals surface area contributed by atoms with Crippen LogP contribution in [0.1, 0.15) is 27.7 Å². The third-order valence-electron chi connectivity index (χ3n) is 2.63. The predicted molar refractivity (Wildman–Crippen MR) is 71.5 cm³/mol. The van der Waals surface area contributed by atoms with Crippen LogP contribution in [0.5, 0.6) is 0 Å². The third kappa shape index (κ3) is 2.58. The molecule has 2 heterocycles. The van der Waals surface area contributed by atoms with Crippen LogP contribution in [0.3, 0.4) is 0 Å². The Hall–Kier alpha value is -1.56. The van der Waals surface area contributed by atoms with E-state index in [2.05, 4.69) is 4.98 Å². The van der Waals surface area contributed by atoms with Gasteiger partial charge in [0.1, 0.15) is 16.4 Å². The standard InChI is InChI=1S/C12H16ClN3O3/c1-11(2,3)19-10(18)16-8-5-6-14-9(17)15(8)7-12(16,4)13/h5-6H,7H2,1-4H3. The van der Waals surface area contributed by atoms with E-state index in [1.54, 1.807) is 33.8 Å². The summed E-state index contributed by atoms with van der Waals surface area (Å²) in [5.74, 6) is 0.395. The molecule has 1 aromatic rings. The molecule has 1 aromatic heterocycles. The summed E-state index contributed by atoms with van der Waals surface area (Å²) in [4.78, 5) is 27.8. The van der Waals surface area contributed by atoms with Crippen LogP contribution in [-0.4, -0.2) is 26.2 Å². The SMILES string of the molecule is CC(C)(C)OC(=O)N1c2ccnc(=O)n2CC1(C)Cl. The van der Waals surface area contributed by atoms with Crippen LogP contribution in [0.2, 0.25) is 0 Å². The Morgan fingerprint density at radius 3 is 2.74 bits per heavy atom. The Morgan fingerprint density at radius 2 is 2.16 bits per heavy atom. The van der Waals surface area contributed by atoms with Crippen molar-refractivity contribution in [3.63, 3.8) is 0 Å². The lowest BCUT2D eigenvalue weighted by Crippen LogP contribution is -2.46. The molecule has 2 rings (SSSR count). The van der Waals surface area contributed by atoms with E-state index in [0.29, 0.717) is 5.82 Å². The highest BCUT2D eigenvalue weighted by Crippen LogP contribution is 2.36. The van der Waals surface area contributed by atoms with Gasteiger partial charge in [-0.2, -0.15) is 0 Å². The van der Waals surface area contributed by atoms with Gasteiger partial charge in [-0.3, -0.25) is 4.57 Å². The molecule has 0 N–H and O–H groups in total. The van der Waals surface area contributed by atoms with Gasteiger partial charge in [0.05, 0.1) is 6.54 Å². The average Bonchev–Trinajstić information content (AvgIpc) is 2.47. The maximum Gasteiger partial charge on any atom is 0.417 e. The summed E-state index contributed by atoms with van der Waals surface area (Å²) in [5.41, 5.74) is -1.07. The monoisotopic (exact) mass is 285 g/mol. The lowest BCUT2D eigenvalue weighted by molar-refractivity contribution is 0.0565. The first-order valence-corrected chi connectivity index (χ1v) is 6.28. The van der Waals surface area contributed by atoms with E-state index in [1.165, 1.54) is 15.7 Å². The zero-order chi connectivity index (χ0) is 14.4. The maximum absolute atomic E-state index is 12.2. The molecule has 0 saturated heterocycles. The molecule has 1 amide bonds. The average molecular weight is 286 g/mol. The summed E-state index contributed by atoms with van der Waals surface area (Å²) < 4.78 is 6.68. The van der Waals surface area contributed by atoms with Crippen molar-refractivity contribution in [1.29, 1.82) is 0 Å². The Bertz CT molecular complexity index is 574. The van der Waals surface area contributed by atoms with Crippen LogP contribution in [0.25, 0.3) is 0 Å². The van der Waals surface area contributed by atoms with Crippen molar-refractivity contribution in [2.24, 2.45) is 0 Å². The molecule has 7 heteroatoms. The number of aromatic nitrogens is 2. The number of rotatable bonds is 0. The first kappa shape index (κ1) is 13.9. The topological polar surface area (TPSA) is 64.4 Å². The number of fused-ring (bicyclic) bond motifs is 1. The van der Waals surface area contributed by atoms with E-state index in [9.17, 15) is 9.59 Å². The molecular formula is C12H16ClN3O3. The molecule has 19 heavy (non-hydrogen) atoms. The summed E-state index contributed by atoms with van der Waals surface area (Å²) in [6.07, 6.45) is 0.769. The number of halogens is 1. The smallest absolute Gasteiger partial charge is 0.417 e. The Labute approximate surface area is 115 Å². The molecule has 1 aliphatic heterocycles. The lowest BCUT2D eigenvalue weighted by Gasteiger charge is -2.30. The second kappa shape index (κ2) is 4.23. The molecular weight excluding hydrogens is 270 g/mol. The first-order valence-electron chi connectivity index (χ1n) is 5.90. The largest absolute Gasteiger partial charge is 0.443 e. The quantitative estimate of drug-likeness (QED) is 0.540. The van der Waals surface area contributed by atoms with Crippen molar-refractivity contribution >= 4 is 23.5 Å². The number of carbonyl (C=O) groups excluding carboxylic acids is 1. The van der Waals surface area contributed by atoms with Crippen molar-refractivity contribution in [3.05, 3.63) is 22.7 Å². The van der Waals surface area contributed by atoms with Crippen molar-refractivity contribution < 1.29 is 9.53 Å². The molecule has 6 nitrogen and oxygen atoms in total. The Balaban J connectivity index is 2.43.